The molecule has 2 aliphatic rings. The minimum absolute atomic E-state index is 0.0103. The molecule has 1 heterocycles. The molecule has 10 heteroatoms. The number of rotatable bonds is 5. The number of benzene rings is 1. The predicted molar refractivity (Wildman–Crippen MR) is 107 cm³/mol. The van der Waals surface area contributed by atoms with E-state index in [2.05, 4.69) is 26.1 Å². The van der Waals surface area contributed by atoms with E-state index in [1.54, 1.807) is 7.11 Å². The van der Waals surface area contributed by atoms with Crippen molar-refractivity contribution in [3.8, 4) is 0 Å². The van der Waals surface area contributed by atoms with Crippen LogP contribution in [0, 0.1) is 10.1 Å². The first-order valence-corrected chi connectivity index (χ1v) is 10.6. The van der Waals surface area contributed by atoms with Crippen LogP contribution in [0.4, 0.5) is 24.5 Å². The SMILES string of the molecule is COC1CCC(N2CCC(Nc3cc(Br)c(C(F)(F)F)cc3[N+](=O)[O-])CC2)CC1. The highest BCUT2D eigenvalue weighted by Gasteiger charge is 2.36. The van der Waals surface area contributed by atoms with Gasteiger partial charge in [0.15, 0.2) is 0 Å². The molecule has 1 aromatic carbocycles. The first-order valence-electron chi connectivity index (χ1n) is 9.77. The number of likely N-dealkylation sites (tertiary alicyclic amines) is 1. The number of methoxy groups -OCH3 is 1. The summed E-state index contributed by atoms with van der Waals surface area (Å²) in [6.45, 7) is 1.74. The lowest BCUT2D eigenvalue weighted by Crippen LogP contribution is -2.46. The molecule has 0 amide bonds. The van der Waals surface area contributed by atoms with E-state index in [1.165, 1.54) is 6.07 Å². The highest BCUT2D eigenvalue weighted by molar-refractivity contribution is 9.10. The number of nitro benzene ring substituents is 1. The van der Waals surface area contributed by atoms with Gasteiger partial charge in [-0.15, -0.1) is 0 Å². The molecule has 1 aliphatic carbocycles. The normalized spacial score (nSPS) is 24.4. The summed E-state index contributed by atoms with van der Waals surface area (Å²) in [7, 11) is 1.75. The molecule has 162 valence electrons. The summed E-state index contributed by atoms with van der Waals surface area (Å²) in [5.41, 5.74) is -1.48. The molecule has 0 unspecified atom stereocenters. The Morgan fingerprint density at radius 1 is 1.17 bits per heavy atom. The van der Waals surface area contributed by atoms with Gasteiger partial charge < -0.3 is 15.0 Å². The van der Waals surface area contributed by atoms with Gasteiger partial charge >= 0.3 is 6.18 Å². The molecule has 1 aliphatic heterocycles. The van der Waals surface area contributed by atoms with Crippen LogP contribution in [0.2, 0.25) is 0 Å². The largest absolute Gasteiger partial charge is 0.417 e. The molecular weight excluding hydrogens is 455 g/mol. The van der Waals surface area contributed by atoms with Crippen LogP contribution in [0.25, 0.3) is 0 Å². The first kappa shape index (κ1) is 22.3. The quantitative estimate of drug-likeness (QED) is 0.463. The van der Waals surface area contributed by atoms with Gasteiger partial charge in [-0.2, -0.15) is 13.2 Å². The molecule has 0 aromatic heterocycles. The van der Waals surface area contributed by atoms with Crippen LogP contribution < -0.4 is 5.32 Å². The number of nitrogens with zero attached hydrogens (tertiary/aromatic N) is 2. The Bertz CT molecular complexity index is 731. The van der Waals surface area contributed by atoms with E-state index in [9.17, 15) is 23.3 Å². The van der Waals surface area contributed by atoms with Crippen molar-refractivity contribution in [2.24, 2.45) is 0 Å². The van der Waals surface area contributed by atoms with Crippen molar-refractivity contribution < 1.29 is 22.8 Å². The van der Waals surface area contributed by atoms with Crippen molar-refractivity contribution >= 4 is 27.3 Å². The Morgan fingerprint density at radius 2 is 1.79 bits per heavy atom. The zero-order valence-electron chi connectivity index (χ0n) is 16.2. The lowest BCUT2D eigenvalue weighted by Gasteiger charge is -2.40. The van der Waals surface area contributed by atoms with Gasteiger partial charge in [0, 0.05) is 42.8 Å². The van der Waals surface area contributed by atoms with Crippen LogP contribution in [0.1, 0.15) is 44.1 Å². The zero-order chi connectivity index (χ0) is 21.2. The standard InChI is InChI=1S/C19H25BrF3N3O3/c1-29-14-4-2-13(3-5-14)25-8-6-12(7-9-25)24-17-11-16(20)15(19(21,22)23)10-18(17)26(27)28/h10-14,24H,2-9H2,1H3. The molecule has 0 radical (unpaired) electrons. The fourth-order valence-corrected chi connectivity index (χ4v) is 4.89. The Morgan fingerprint density at radius 3 is 2.31 bits per heavy atom. The third-order valence-corrected chi connectivity index (χ3v) is 6.63. The van der Waals surface area contributed by atoms with Gasteiger partial charge in [0.05, 0.1) is 16.6 Å². The summed E-state index contributed by atoms with van der Waals surface area (Å²) in [6.07, 6.45) is 1.61. The molecule has 1 aromatic rings. The van der Waals surface area contributed by atoms with Crippen LogP contribution in [0.3, 0.4) is 0 Å². The Balaban J connectivity index is 1.63. The Hall–Kier alpha value is -1.39. The van der Waals surface area contributed by atoms with E-state index < -0.39 is 22.4 Å². The summed E-state index contributed by atoms with van der Waals surface area (Å²) in [5, 5.41) is 14.4. The molecule has 3 rings (SSSR count). The van der Waals surface area contributed by atoms with Crippen molar-refractivity contribution in [2.45, 2.75) is 62.9 Å². The van der Waals surface area contributed by atoms with Crippen LogP contribution in [-0.2, 0) is 10.9 Å². The Labute approximate surface area is 176 Å². The van der Waals surface area contributed by atoms with E-state index in [0.717, 1.165) is 51.6 Å². The number of anilines is 1. The lowest BCUT2D eigenvalue weighted by atomic mass is 9.90. The fraction of sp³-hybridized carbons (Fsp3) is 0.684. The molecule has 0 atom stereocenters. The van der Waals surface area contributed by atoms with Crippen molar-refractivity contribution in [3.63, 3.8) is 0 Å². The number of nitro groups is 1. The zero-order valence-corrected chi connectivity index (χ0v) is 17.8. The van der Waals surface area contributed by atoms with Gasteiger partial charge in [-0.3, -0.25) is 10.1 Å². The van der Waals surface area contributed by atoms with E-state index in [0.29, 0.717) is 18.2 Å². The van der Waals surface area contributed by atoms with Gasteiger partial charge in [-0.05, 0) is 44.6 Å². The fourth-order valence-electron chi connectivity index (χ4n) is 4.32. The summed E-state index contributed by atoms with van der Waals surface area (Å²) >= 11 is 2.90. The van der Waals surface area contributed by atoms with Crippen LogP contribution in [-0.4, -0.2) is 48.2 Å². The minimum Gasteiger partial charge on any atom is -0.381 e. The topological polar surface area (TPSA) is 67.6 Å². The van der Waals surface area contributed by atoms with Crippen molar-refractivity contribution in [3.05, 3.63) is 32.3 Å². The molecule has 1 N–H and O–H groups in total. The molecule has 2 fully saturated rings. The number of hydrogen-bond donors (Lipinski definition) is 1. The second-order valence-corrected chi connectivity index (χ2v) is 8.58. The number of hydrogen-bond acceptors (Lipinski definition) is 5. The van der Waals surface area contributed by atoms with E-state index in [-0.39, 0.29) is 16.2 Å². The molecular formula is C19H25BrF3N3O3. The van der Waals surface area contributed by atoms with E-state index in [1.807, 2.05) is 0 Å². The second-order valence-electron chi connectivity index (χ2n) is 7.72. The highest BCUT2D eigenvalue weighted by atomic mass is 79.9. The second kappa shape index (κ2) is 9.18. The van der Waals surface area contributed by atoms with Crippen LogP contribution in [0.15, 0.2) is 16.6 Å². The maximum absolute atomic E-state index is 13.1. The molecule has 29 heavy (non-hydrogen) atoms. The number of halogens is 4. The average molecular weight is 480 g/mol. The lowest BCUT2D eigenvalue weighted by molar-refractivity contribution is -0.384. The van der Waals surface area contributed by atoms with Crippen LogP contribution in [0.5, 0.6) is 0 Å². The monoisotopic (exact) mass is 479 g/mol. The third-order valence-electron chi connectivity index (χ3n) is 5.97. The molecule has 0 bridgehead atoms. The van der Waals surface area contributed by atoms with Gasteiger partial charge in [0.25, 0.3) is 5.69 Å². The molecule has 0 spiro atoms. The number of nitrogens with one attached hydrogen (secondary N) is 1. The minimum atomic E-state index is -4.66. The maximum atomic E-state index is 13.1. The van der Waals surface area contributed by atoms with Crippen LogP contribution >= 0.6 is 15.9 Å². The van der Waals surface area contributed by atoms with E-state index in [4.69, 9.17) is 4.74 Å². The number of piperidine rings is 1. The maximum Gasteiger partial charge on any atom is 0.417 e. The van der Waals surface area contributed by atoms with Gasteiger partial charge in [-0.25, -0.2) is 0 Å². The van der Waals surface area contributed by atoms with Gasteiger partial charge in [0.1, 0.15) is 5.69 Å². The summed E-state index contributed by atoms with van der Waals surface area (Å²) in [5.74, 6) is 0. The number of alkyl halides is 3. The average Bonchev–Trinajstić information content (AvgIpc) is 2.67. The van der Waals surface area contributed by atoms with Gasteiger partial charge in [-0.1, -0.05) is 15.9 Å². The van der Waals surface area contributed by atoms with E-state index >= 15 is 0 Å². The van der Waals surface area contributed by atoms with Crippen molar-refractivity contribution in [1.29, 1.82) is 0 Å². The third kappa shape index (κ3) is 5.40. The summed E-state index contributed by atoms with van der Waals surface area (Å²) in [6, 6.07) is 2.29. The van der Waals surface area contributed by atoms with Crippen molar-refractivity contribution in [2.75, 3.05) is 25.5 Å². The predicted octanol–water partition coefficient (Wildman–Crippen LogP) is 5.21. The van der Waals surface area contributed by atoms with Crippen molar-refractivity contribution in [1.82, 2.24) is 4.90 Å². The summed E-state index contributed by atoms with van der Waals surface area (Å²) in [4.78, 5) is 13.0. The summed E-state index contributed by atoms with van der Waals surface area (Å²) < 4.78 is 44.4. The molecule has 1 saturated heterocycles. The Kier molecular flexibility index (Phi) is 7.06. The number of ether oxygens (including phenoxy) is 1. The first-order chi connectivity index (χ1) is 13.7. The smallest absolute Gasteiger partial charge is 0.381 e. The highest BCUT2D eigenvalue weighted by Crippen LogP contribution is 2.41. The molecule has 6 nitrogen and oxygen atoms in total. The molecule has 1 saturated carbocycles. The van der Waals surface area contributed by atoms with Gasteiger partial charge in [0.2, 0.25) is 0 Å².